The molecule has 2 N–H and O–H groups in total. The molecule has 0 aromatic carbocycles. The molecule has 1 unspecified atom stereocenters. The van der Waals surface area contributed by atoms with Gasteiger partial charge in [-0.1, -0.05) is 0 Å². The van der Waals surface area contributed by atoms with Crippen molar-refractivity contribution in [1.29, 1.82) is 0 Å². The second kappa shape index (κ2) is 7.98. The van der Waals surface area contributed by atoms with Crippen LogP contribution in [0, 0.1) is 0 Å². The molecule has 0 rings (SSSR count). The van der Waals surface area contributed by atoms with Crippen molar-refractivity contribution in [3.8, 4) is 0 Å². The van der Waals surface area contributed by atoms with Gasteiger partial charge in [0.25, 0.3) is 0 Å². The van der Waals surface area contributed by atoms with E-state index in [0.29, 0.717) is 5.75 Å². The first kappa shape index (κ1) is 17.7. The van der Waals surface area contributed by atoms with Crippen LogP contribution in [0.2, 0.25) is 0 Å². The van der Waals surface area contributed by atoms with E-state index in [1.54, 1.807) is 6.92 Å². The van der Waals surface area contributed by atoms with Gasteiger partial charge in [-0.2, -0.15) is 11.8 Å². The summed E-state index contributed by atoms with van der Waals surface area (Å²) in [6.45, 7) is 1.54. The standard InChI is InChI=1S/C10H21NO5S2/c1-10(13,8-17-3)7-11-18(14,15)6-4-5-9(12)16-2/h11,13H,4-8H2,1-3H3. The van der Waals surface area contributed by atoms with E-state index in [4.69, 9.17) is 0 Å². The summed E-state index contributed by atoms with van der Waals surface area (Å²) in [6, 6.07) is 0. The SMILES string of the molecule is COC(=O)CCCS(=O)(=O)NCC(C)(O)CSC. The number of sulfonamides is 1. The first-order valence-corrected chi connectivity index (χ1v) is 8.52. The summed E-state index contributed by atoms with van der Waals surface area (Å²) < 4.78 is 29.9. The summed E-state index contributed by atoms with van der Waals surface area (Å²) in [7, 11) is -2.21. The molecule has 0 saturated heterocycles. The molecule has 0 saturated carbocycles. The highest BCUT2D eigenvalue weighted by molar-refractivity contribution is 7.98. The third-order valence-corrected chi connectivity index (χ3v) is 4.47. The maximum absolute atomic E-state index is 11.6. The topological polar surface area (TPSA) is 92.7 Å². The van der Waals surface area contributed by atoms with E-state index >= 15 is 0 Å². The maximum atomic E-state index is 11.6. The Labute approximate surface area is 113 Å². The van der Waals surface area contributed by atoms with Crippen LogP contribution in [0.3, 0.4) is 0 Å². The van der Waals surface area contributed by atoms with Crippen molar-refractivity contribution in [3.63, 3.8) is 0 Å². The van der Waals surface area contributed by atoms with Gasteiger partial charge >= 0.3 is 5.97 Å². The van der Waals surface area contributed by atoms with Crippen molar-refractivity contribution in [2.75, 3.05) is 31.4 Å². The first-order valence-electron chi connectivity index (χ1n) is 5.48. The van der Waals surface area contributed by atoms with E-state index in [0.717, 1.165) is 0 Å². The third-order valence-electron chi connectivity index (χ3n) is 2.15. The minimum absolute atomic E-state index is 0.0333. The third kappa shape index (κ3) is 8.73. The molecule has 0 aliphatic carbocycles. The average molecular weight is 299 g/mol. The second-order valence-electron chi connectivity index (χ2n) is 4.25. The Hall–Kier alpha value is -0.310. The van der Waals surface area contributed by atoms with Crippen LogP contribution in [0.25, 0.3) is 0 Å². The Morgan fingerprint density at radius 1 is 1.50 bits per heavy atom. The highest BCUT2D eigenvalue weighted by Gasteiger charge is 2.22. The Balaban J connectivity index is 4.05. The van der Waals surface area contributed by atoms with Gasteiger partial charge in [0.05, 0.1) is 18.5 Å². The second-order valence-corrected chi connectivity index (χ2v) is 7.04. The zero-order valence-corrected chi connectivity index (χ0v) is 12.6. The van der Waals surface area contributed by atoms with Crippen LogP contribution in [0.1, 0.15) is 19.8 Å². The first-order chi connectivity index (χ1) is 8.22. The molecule has 0 fully saturated rings. The number of thioether (sulfide) groups is 1. The minimum atomic E-state index is -3.46. The zero-order chi connectivity index (χ0) is 14.2. The average Bonchev–Trinajstić information content (AvgIpc) is 2.26. The fourth-order valence-corrected chi connectivity index (χ4v) is 3.13. The van der Waals surface area contributed by atoms with Gasteiger partial charge < -0.3 is 9.84 Å². The van der Waals surface area contributed by atoms with Crippen LogP contribution in [0.4, 0.5) is 0 Å². The number of ether oxygens (including phenoxy) is 1. The lowest BCUT2D eigenvalue weighted by Crippen LogP contribution is -2.43. The summed E-state index contributed by atoms with van der Waals surface area (Å²) in [5.74, 6) is -0.144. The van der Waals surface area contributed by atoms with Gasteiger partial charge in [-0.3, -0.25) is 4.79 Å². The molecule has 8 heteroatoms. The van der Waals surface area contributed by atoms with Crippen molar-refractivity contribution in [2.24, 2.45) is 0 Å². The van der Waals surface area contributed by atoms with Crippen molar-refractivity contribution in [2.45, 2.75) is 25.4 Å². The molecule has 108 valence electrons. The van der Waals surface area contributed by atoms with Crippen LogP contribution in [0.5, 0.6) is 0 Å². The lowest BCUT2D eigenvalue weighted by molar-refractivity contribution is -0.140. The number of carbonyl (C=O) groups is 1. The van der Waals surface area contributed by atoms with E-state index in [9.17, 15) is 18.3 Å². The lowest BCUT2D eigenvalue weighted by Gasteiger charge is -2.22. The molecule has 0 aliphatic heterocycles. The van der Waals surface area contributed by atoms with Crippen LogP contribution in [-0.4, -0.2) is 56.5 Å². The fourth-order valence-electron chi connectivity index (χ4n) is 1.21. The molecular weight excluding hydrogens is 278 g/mol. The van der Waals surface area contributed by atoms with E-state index in [1.165, 1.54) is 18.9 Å². The van der Waals surface area contributed by atoms with E-state index in [-0.39, 0.29) is 25.1 Å². The number of esters is 1. The zero-order valence-electron chi connectivity index (χ0n) is 10.9. The van der Waals surface area contributed by atoms with Gasteiger partial charge in [-0.05, 0) is 19.6 Å². The number of carbonyl (C=O) groups excluding carboxylic acids is 1. The van der Waals surface area contributed by atoms with E-state index < -0.39 is 21.6 Å². The Bertz CT molecular complexity index is 353. The molecule has 1 atom stereocenters. The largest absolute Gasteiger partial charge is 0.469 e. The molecule has 0 aromatic heterocycles. The molecule has 0 amide bonds. The van der Waals surface area contributed by atoms with Gasteiger partial charge in [-0.15, -0.1) is 0 Å². The van der Waals surface area contributed by atoms with Crippen LogP contribution in [-0.2, 0) is 19.6 Å². The lowest BCUT2D eigenvalue weighted by atomic mass is 10.1. The van der Waals surface area contributed by atoms with Crippen molar-refractivity contribution in [3.05, 3.63) is 0 Å². The molecule has 0 aromatic rings. The molecule has 18 heavy (non-hydrogen) atoms. The highest BCUT2D eigenvalue weighted by atomic mass is 32.2. The number of hydrogen-bond acceptors (Lipinski definition) is 6. The van der Waals surface area contributed by atoms with E-state index in [2.05, 4.69) is 9.46 Å². The maximum Gasteiger partial charge on any atom is 0.305 e. The van der Waals surface area contributed by atoms with Crippen molar-refractivity contribution < 1.29 is 23.1 Å². The van der Waals surface area contributed by atoms with Gasteiger partial charge in [0.15, 0.2) is 0 Å². The number of methoxy groups -OCH3 is 1. The van der Waals surface area contributed by atoms with Crippen molar-refractivity contribution in [1.82, 2.24) is 4.72 Å². The highest BCUT2D eigenvalue weighted by Crippen LogP contribution is 2.09. The summed E-state index contributed by atoms with van der Waals surface area (Å²) in [6.07, 6.45) is 2.10. The van der Waals surface area contributed by atoms with E-state index in [1.807, 2.05) is 6.26 Å². The number of rotatable bonds is 9. The van der Waals surface area contributed by atoms with Crippen LogP contribution >= 0.6 is 11.8 Å². The van der Waals surface area contributed by atoms with Crippen molar-refractivity contribution >= 4 is 27.8 Å². The van der Waals surface area contributed by atoms with Gasteiger partial charge in [-0.25, -0.2) is 13.1 Å². The van der Waals surface area contributed by atoms with Gasteiger partial charge in [0.2, 0.25) is 10.0 Å². The van der Waals surface area contributed by atoms with Gasteiger partial charge in [0, 0.05) is 18.7 Å². The monoisotopic (exact) mass is 299 g/mol. The molecule has 0 heterocycles. The predicted molar refractivity (Wildman–Crippen MR) is 72.0 cm³/mol. The van der Waals surface area contributed by atoms with Crippen LogP contribution < -0.4 is 4.72 Å². The molecule has 6 nitrogen and oxygen atoms in total. The predicted octanol–water partition coefficient (Wildman–Crippen LogP) is -0.0270. The molecule has 0 radical (unpaired) electrons. The number of aliphatic hydroxyl groups is 1. The molecule has 0 spiro atoms. The smallest absolute Gasteiger partial charge is 0.305 e. The van der Waals surface area contributed by atoms with Gasteiger partial charge in [0.1, 0.15) is 0 Å². The summed E-state index contributed by atoms with van der Waals surface area (Å²) in [5, 5.41) is 9.81. The number of nitrogens with one attached hydrogen (secondary N) is 1. The van der Waals surface area contributed by atoms with Crippen LogP contribution in [0.15, 0.2) is 0 Å². The molecular formula is C10H21NO5S2. The quantitative estimate of drug-likeness (QED) is 0.581. The fraction of sp³-hybridized carbons (Fsp3) is 0.900. The summed E-state index contributed by atoms with van der Waals surface area (Å²) in [4.78, 5) is 10.8. The molecule has 0 bridgehead atoms. The minimum Gasteiger partial charge on any atom is -0.469 e. The summed E-state index contributed by atoms with van der Waals surface area (Å²) in [5.41, 5.74) is -1.07. The Kier molecular flexibility index (Phi) is 7.84. The Morgan fingerprint density at radius 2 is 2.11 bits per heavy atom. The number of hydrogen-bond donors (Lipinski definition) is 2. The molecule has 0 aliphatic rings. The normalized spacial score (nSPS) is 15.1. The Morgan fingerprint density at radius 3 is 2.61 bits per heavy atom. The summed E-state index contributed by atoms with van der Waals surface area (Å²) >= 11 is 1.44.